The second kappa shape index (κ2) is 12.7. The van der Waals surface area contributed by atoms with Crippen LogP contribution in [0.15, 0.2) is 77.9 Å². The van der Waals surface area contributed by atoms with E-state index in [1.807, 2.05) is 31.2 Å². The zero-order valence-corrected chi connectivity index (χ0v) is 21.7. The molecule has 0 bridgehead atoms. The molecule has 0 aromatic heterocycles. The molecule has 0 aliphatic rings. The molecule has 0 saturated carbocycles. The third-order valence-corrected chi connectivity index (χ3v) is 7.13. The van der Waals surface area contributed by atoms with Crippen LogP contribution in [0.2, 0.25) is 5.02 Å². The predicted molar refractivity (Wildman–Crippen MR) is 145 cm³/mol. The Hall–Kier alpha value is -3.18. The number of carbonyl (C=O) groups is 2. The number of nitrogens with zero attached hydrogens (tertiary/aromatic N) is 2. The van der Waals surface area contributed by atoms with Gasteiger partial charge in [-0.2, -0.15) is 25.3 Å². The Morgan fingerprint density at radius 3 is 2.44 bits per heavy atom. The molecule has 0 atom stereocenters. The first kappa shape index (κ1) is 27.4. The Kier molecular flexibility index (Phi) is 9.65. The molecular formula is C25H24ClN3O5S2. The summed E-state index contributed by atoms with van der Waals surface area (Å²) in [5, 5.41) is 4.43. The maximum atomic E-state index is 13.4. The number of halogens is 1. The summed E-state index contributed by atoms with van der Waals surface area (Å²) in [6.07, 6.45) is 1.48. The van der Waals surface area contributed by atoms with Gasteiger partial charge in [-0.1, -0.05) is 53.6 Å². The molecule has 8 nitrogen and oxygen atoms in total. The van der Waals surface area contributed by atoms with Crippen LogP contribution in [0.25, 0.3) is 0 Å². The van der Waals surface area contributed by atoms with E-state index in [2.05, 4.69) is 10.5 Å². The maximum absolute atomic E-state index is 13.4. The first-order valence-electron chi connectivity index (χ1n) is 10.7. The highest BCUT2D eigenvalue weighted by Crippen LogP contribution is 2.22. The summed E-state index contributed by atoms with van der Waals surface area (Å²) in [4.78, 5) is 27.4. The number of thioether (sulfide) groups is 1. The molecule has 3 aromatic rings. The number of benzene rings is 3. The largest absolute Gasteiger partial charge is 0.349 e. The van der Waals surface area contributed by atoms with Crippen LogP contribution in [0.3, 0.4) is 0 Å². The van der Waals surface area contributed by atoms with Crippen molar-refractivity contribution >= 4 is 57.3 Å². The van der Waals surface area contributed by atoms with Crippen molar-refractivity contribution in [3.05, 3.63) is 100 Å². The van der Waals surface area contributed by atoms with Gasteiger partial charge in [-0.3, -0.25) is 9.35 Å². The van der Waals surface area contributed by atoms with Gasteiger partial charge in [0.2, 0.25) is 0 Å². The number of anilines is 1. The highest BCUT2D eigenvalue weighted by atomic mass is 35.5. The van der Waals surface area contributed by atoms with E-state index in [0.29, 0.717) is 16.5 Å². The fourth-order valence-corrected chi connectivity index (χ4v) is 5.06. The first-order valence-corrected chi connectivity index (χ1v) is 13.9. The van der Waals surface area contributed by atoms with E-state index in [-0.39, 0.29) is 17.1 Å². The highest BCUT2D eigenvalue weighted by Gasteiger charge is 2.25. The van der Waals surface area contributed by atoms with Crippen LogP contribution in [0, 0.1) is 6.92 Å². The molecule has 0 unspecified atom stereocenters. The van der Waals surface area contributed by atoms with Crippen LogP contribution in [-0.4, -0.2) is 42.6 Å². The number of imide groups is 1. The molecule has 0 spiro atoms. The quantitative estimate of drug-likeness (QED) is 0.166. The third kappa shape index (κ3) is 8.49. The van der Waals surface area contributed by atoms with Crippen LogP contribution in [0.4, 0.5) is 10.5 Å². The number of amides is 3. The van der Waals surface area contributed by atoms with Crippen molar-refractivity contribution in [3.8, 4) is 0 Å². The topological polar surface area (TPSA) is 116 Å². The van der Waals surface area contributed by atoms with Gasteiger partial charge < -0.3 is 0 Å². The van der Waals surface area contributed by atoms with Crippen molar-refractivity contribution in [3.63, 3.8) is 0 Å². The average Bonchev–Trinajstić information content (AvgIpc) is 2.84. The SMILES string of the molecule is Cc1ccc(C=NNC(=O)N(C(=O)c2cccc(CSCCS(=O)(=O)O)c2)c2ccc(Cl)cc2)cc1. The van der Waals surface area contributed by atoms with Crippen molar-refractivity contribution in [2.75, 3.05) is 16.4 Å². The number of hydrazone groups is 1. The summed E-state index contributed by atoms with van der Waals surface area (Å²) in [6.45, 7) is 1.96. The number of rotatable bonds is 9. The van der Waals surface area contributed by atoms with E-state index in [0.717, 1.165) is 21.6 Å². The zero-order chi connectivity index (χ0) is 26.1. The molecule has 0 radical (unpaired) electrons. The van der Waals surface area contributed by atoms with Gasteiger partial charge in [0.25, 0.3) is 16.0 Å². The Morgan fingerprint density at radius 2 is 1.78 bits per heavy atom. The Balaban J connectivity index is 1.78. The van der Waals surface area contributed by atoms with E-state index in [1.54, 1.807) is 48.5 Å². The predicted octanol–water partition coefficient (Wildman–Crippen LogP) is 5.16. The van der Waals surface area contributed by atoms with Crippen molar-refractivity contribution in [2.45, 2.75) is 12.7 Å². The van der Waals surface area contributed by atoms with Gasteiger partial charge in [0.1, 0.15) is 0 Å². The summed E-state index contributed by atoms with van der Waals surface area (Å²) in [7, 11) is -4.03. The van der Waals surface area contributed by atoms with Gasteiger partial charge in [0, 0.05) is 22.1 Å². The summed E-state index contributed by atoms with van der Waals surface area (Å²) in [5.41, 5.74) is 5.60. The fourth-order valence-electron chi connectivity index (χ4n) is 3.06. The minimum absolute atomic E-state index is 0.204. The minimum atomic E-state index is -4.03. The van der Waals surface area contributed by atoms with Gasteiger partial charge in [-0.15, -0.1) is 0 Å². The lowest BCUT2D eigenvalue weighted by molar-refractivity contribution is 0.0993. The second-order valence-electron chi connectivity index (χ2n) is 7.74. The molecule has 3 aromatic carbocycles. The Morgan fingerprint density at radius 1 is 1.08 bits per heavy atom. The van der Waals surface area contributed by atoms with Crippen LogP contribution in [0.1, 0.15) is 27.0 Å². The van der Waals surface area contributed by atoms with Gasteiger partial charge in [0.15, 0.2) is 0 Å². The van der Waals surface area contributed by atoms with Gasteiger partial charge in [0.05, 0.1) is 17.7 Å². The first-order chi connectivity index (χ1) is 17.1. The molecule has 0 fully saturated rings. The van der Waals surface area contributed by atoms with Crippen LogP contribution >= 0.6 is 23.4 Å². The number of urea groups is 1. The molecular weight excluding hydrogens is 522 g/mol. The molecule has 11 heteroatoms. The molecule has 188 valence electrons. The summed E-state index contributed by atoms with van der Waals surface area (Å²) < 4.78 is 30.6. The molecule has 0 aliphatic carbocycles. The molecule has 0 aliphatic heterocycles. The van der Waals surface area contributed by atoms with Crippen molar-refractivity contribution in [1.82, 2.24) is 5.43 Å². The lowest BCUT2D eigenvalue weighted by Crippen LogP contribution is -2.42. The molecule has 2 N–H and O–H groups in total. The van der Waals surface area contributed by atoms with Crippen molar-refractivity contribution in [1.29, 1.82) is 0 Å². The molecule has 3 amide bonds. The molecule has 0 saturated heterocycles. The Labute approximate surface area is 219 Å². The summed E-state index contributed by atoms with van der Waals surface area (Å²) >= 11 is 7.28. The number of nitrogens with one attached hydrogen (secondary N) is 1. The number of hydrogen-bond donors (Lipinski definition) is 2. The number of hydrogen-bond acceptors (Lipinski definition) is 6. The molecule has 0 heterocycles. The van der Waals surface area contributed by atoms with Crippen molar-refractivity contribution < 1.29 is 22.6 Å². The lowest BCUT2D eigenvalue weighted by atomic mass is 10.1. The second-order valence-corrected chi connectivity index (χ2v) is 10.9. The van der Waals surface area contributed by atoms with E-state index >= 15 is 0 Å². The molecule has 3 rings (SSSR count). The normalized spacial score (nSPS) is 11.4. The maximum Gasteiger partial charge on any atom is 0.349 e. The monoisotopic (exact) mass is 545 g/mol. The fraction of sp³-hybridized carbons (Fsp3) is 0.160. The smallest absolute Gasteiger partial charge is 0.286 e. The van der Waals surface area contributed by atoms with Gasteiger partial charge in [-0.25, -0.2) is 15.1 Å². The number of carbonyl (C=O) groups excluding carboxylic acids is 2. The lowest BCUT2D eigenvalue weighted by Gasteiger charge is -2.20. The van der Waals surface area contributed by atoms with Crippen molar-refractivity contribution in [2.24, 2.45) is 5.10 Å². The van der Waals surface area contributed by atoms with Gasteiger partial charge in [-0.05, 0) is 54.4 Å². The standard InChI is InChI=1S/C25H24ClN3O5S2/c1-18-5-7-19(8-6-18)16-27-28-25(31)29(23-11-9-22(26)10-12-23)24(30)21-4-2-3-20(15-21)17-35-13-14-36(32,33)34/h2-12,15-16H,13-14,17H2,1H3,(H,28,31)(H,32,33,34). The van der Waals surface area contributed by atoms with Crippen LogP contribution in [-0.2, 0) is 15.9 Å². The highest BCUT2D eigenvalue weighted by molar-refractivity contribution is 7.99. The number of aryl methyl sites for hydroxylation is 1. The summed E-state index contributed by atoms with van der Waals surface area (Å²) in [6, 6.07) is 19.7. The van der Waals surface area contributed by atoms with E-state index in [1.165, 1.54) is 18.0 Å². The summed E-state index contributed by atoms with van der Waals surface area (Å²) in [5.74, 6) is -0.311. The molecule has 36 heavy (non-hydrogen) atoms. The van der Waals surface area contributed by atoms with Crippen LogP contribution in [0.5, 0.6) is 0 Å². The van der Waals surface area contributed by atoms with Crippen LogP contribution < -0.4 is 10.3 Å². The third-order valence-electron chi connectivity index (χ3n) is 4.87. The van der Waals surface area contributed by atoms with E-state index in [4.69, 9.17) is 16.2 Å². The average molecular weight is 546 g/mol. The minimum Gasteiger partial charge on any atom is -0.286 e. The van der Waals surface area contributed by atoms with E-state index < -0.39 is 22.1 Å². The van der Waals surface area contributed by atoms with E-state index in [9.17, 15) is 18.0 Å². The Bertz CT molecular complexity index is 1340. The van der Waals surface area contributed by atoms with Gasteiger partial charge >= 0.3 is 6.03 Å². The zero-order valence-electron chi connectivity index (χ0n) is 19.3.